The van der Waals surface area contributed by atoms with Crippen LogP contribution in [0.25, 0.3) is 22.6 Å². The Morgan fingerprint density at radius 1 is 0.970 bits per heavy atom. The smallest absolute Gasteiger partial charge is 0.416 e. The van der Waals surface area contributed by atoms with Crippen LogP contribution < -0.4 is 0 Å². The van der Waals surface area contributed by atoms with Crippen LogP contribution in [-0.2, 0) is 23.4 Å². The highest BCUT2D eigenvalue weighted by Crippen LogP contribution is 2.38. The maximum atomic E-state index is 13.0. The number of rotatable bonds is 7. The van der Waals surface area contributed by atoms with Crippen molar-refractivity contribution in [3.8, 4) is 22.6 Å². The summed E-state index contributed by atoms with van der Waals surface area (Å²) < 4.78 is 51.4. The molecule has 0 N–H and O–H groups in total. The molecule has 1 aromatic heterocycles. The summed E-state index contributed by atoms with van der Waals surface area (Å²) in [6.45, 7) is 13.5. The highest BCUT2D eigenvalue weighted by atomic mass is 28.4. The second-order valence-corrected chi connectivity index (χ2v) is 14.4. The van der Waals surface area contributed by atoms with Gasteiger partial charge in [-0.15, -0.1) is 10.2 Å². The van der Waals surface area contributed by atoms with Crippen molar-refractivity contribution in [2.45, 2.75) is 64.8 Å². The molecule has 0 unspecified atom stereocenters. The molecule has 0 aliphatic heterocycles. The van der Waals surface area contributed by atoms with Gasteiger partial charge in [0.05, 0.1) is 5.56 Å². The summed E-state index contributed by atoms with van der Waals surface area (Å²) in [5.41, 5.74) is 2.42. The van der Waals surface area contributed by atoms with Crippen LogP contribution in [0.2, 0.25) is 18.1 Å². The molecule has 0 bridgehead atoms. The van der Waals surface area contributed by atoms with Gasteiger partial charge in [0.25, 0.3) is 0 Å². The molecule has 33 heavy (non-hydrogen) atoms. The van der Waals surface area contributed by atoms with Gasteiger partial charge in [-0.1, -0.05) is 58.0 Å². The second kappa shape index (κ2) is 9.42. The van der Waals surface area contributed by atoms with E-state index in [-0.39, 0.29) is 5.04 Å². The molecule has 0 aliphatic carbocycles. The molecule has 3 aromatic rings. The standard InChI is InChI=1S/C25H31F3N2O2Si/c1-7-21-29-30-23(32-21)22-18(15-16-31-33(5,6)24(2,3)4)9-8-10-20(22)17-11-13-19(14-12-17)25(26,27)28/h8-14H,7,15-16H2,1-6H3. The molecule has 3 rings (SSSR count). The average molecular weight is 477 g/mol. The Morgan fingerprint density at radius 2 is 1.64 bits per heavy atom. The normalized spacial score (nSPS) is 12.9. The second-order valence-electron chi connectivity index (χ2n) is 9.63. The summed E-state index contributed by atoms with van der Waals surface area (Å²) in [7, 11) is -1.92. The van der Waals surface area contributed by atoms with Crippen molar-refractivity contribution in [2.75, 3.05) is 6.61 Å². The Labute approximate surface area is 194 Å². The topological polar surface area (TPSA) is 48.2 Å². The fourth-order valence-corrected chi connectivity index (χ4v) is 4.32. The summed E-state index contributed by atoms with van der Waals surface area (Å²) in [5.74, 6) is 0.875. The molecule has 0 spiro atoms. The minimum Gasteiger partial charge on any atom is -0.421 e. The zero-order valence-corrected chi connectivity index (χ0v) is 21.0. The Balaban J connectivity index is 2.00. The number of benzene rings is 2. The Kier molecular flexibility index (Phi) is 7.19. The maximum Gasteiger partial charge on any atom is 0.416 e. The van der Waals surface area contributed by atoms with Crippen molar-refractivity contribution in [3.05, 3.63) is 59.5 Å². The van der Waals surface area contributed by atoms with E-state index >= 15 is 0 Å². The number of nitrogens with zero attached hydrogens (tertiary/aromatic N) is 2. The first-order valence-corrected chi connectivity index (χ1v) is 14.0. The van der Waals surface area contributed by atoms with Gasteiger partial charge in [0.2, 0.25) is 11.8 Å². The Bertz CT molecular complexity index is 1080. The largest absolute Gasteiger partial charge is 0.421 e. The van der Waals surface area contributed by atoms with Crippen molar-refractivity contribution in [2.24, 2.45) is 0 Å². The molecule has 0 saturated heterocycles. The van der Waals surface area contributed by atoms with Gasteiger partial charge in [-0.3, -0.25) is 0 Å². The van der Waals surface area contributed by atoms with Gasteiger partial charge in [0.15, 0.2) is 8.32 Å². The molecule has 2 aromatic carbocycles. The van der Waals surface area contributed by atoms with Crippen molar-refractivity contribution in [1.82, 2.24) is 10.2 Å². The van der Waals surface area contributed by atoms with Crippen molar-refractivity contribution in [3.63, 3.8) is 0 Å². The number of aromatic nitrogens is 2. The maximum absolute atomic E-state index is 13.0. The molecule has 0 aliphatic rings. The van der Waals surface area contributed by atoms with Crippen molar-refractivity contribution in [1.29, 1.82) is 0 Å². The minimum atomic E-state index is -4.38. The zero-order valence-electron chi connectivity index (χ0n) is 20.0. The Morgan fingerprint density at radius 3 is 2.18 bits per heavy atom. The van der Waals surface area contributed by atoms with Gasteiger partial charge in [-0.2, -0.15) is 13.2 Å². The molecule has 0 fully saturated rings. The van der Waals surface area contributed by atoms with E-state index in [9.17, 15) is 13.2 Å². The van der Waals surface area contributed by atoms with E-state index < -0.39 is 20.1 Å². The molecular formula is C25H31F3N2O2Si. The van der Waals surface area contributed by atoms with Gasteiger partial charge in [-0.05, 0) is 53.4 Å². The number of halogens is 3. The third-order valence-corrected chi connectivity index (χ3v) is 10.8. The summed E-state index contributed by atoms with van der Waals surface area (Å²) in [4.78, 5) is 0. The van der Waals surface area contributed by atoms with Crippen LogP contribution in [0.5, 0.6) is 0 Å². The van der Waals surface area contributed by atoms with E-state index in [0.29, 0.717) is 36.8 Å². The third kappa shape index (κ3) is 5.73. The number of hydrogen-bond acceptors (Lipinski definition) is 4. The molecule has 8 heteroatoms. The zero-order chi connectivity index (χ0) is 24.4. The molecule has 178 valence electrons. The molecule has 1 heterocycles. The molecular weight excluding hydrogens is 445 g/mol. The van der Waals surface area contributed by atoms with E-state index in [1.54, 1.807) is 0 Å². The van der Waals surface area contributed by atoms with E-state index in [1.807, 2.05) is 25.1 Å². The van der Waals surface area contributed by atoms with Crippen LogP contribution in [0, 0.1) is 0 Å². The fourth-order valence-electron chi connectivity index (χ4n) is 3.27. The fraction of sp³-hybridized carbons (Fsp3) is 0.440. The van der Waals surface area contributed by atoms with Crippen LogP contribution >= 0.6 is 0 Å². The first-order valence-electron chi connectivity index (χ1n) is 11.1. The molecule has 0 saturated carbocycles. The van der Waals surface area contributed by atoms with E-state index in [1.165, 1.54) is 12.1 Å². The SMILES string of the molecule is CCc1nnc(-c2c(CCO[Si](C)(C)C(C)(C)C)cccc2-c2ccc(C(F)(F)F)cc2)o1. The van der Waals surface area contributed by atoms with E-state index in [2.05, 4.69) is 44.1 Å². The lowest BCUT2D eigenvalue weighted by Gasteiger charge is -2.36. The molecule has 0 radical (unpaired) electrons. The summed E-state index contributed by atoms with van der Waals surface area (Å²) in [6.07, 6.45) is -3.16. The lowest BCUT2D eigenvalue weighted by Crippen LogP contribution is -2.41. The van der Waals surface area contributed by atoms with Crippen molar-refractivity contribution < 1.29 is 22.0 Å². The predicted molar refractivity (Wildman–Crippen MR) is 126 cm³/mol. The minimum absolute atomic E-state index is 0.0976. The van der Waals surface area contributed by atoms with Gasteiger partial charge < -0.3 is 8.84 Å². The quantitative estimate of drug-likeness (QED) is 0.330. The van der Waals surface area contributed by atoms with Crippen LogP contribution in [0.1, 0.15) is 44.7 Å². The number of hydrogen-bond donors (Lipinski definition) is 0. The average Bonchev–Trinajstić information content (AvgIpc) is 3.21. The lowest BCUT2D eigenvalue weighted by atomic mass is 9.93. The van der Waals surface area contributed by atoms with Gasteiger partial charge in [0.1, 0.15) is 0 Å². The van der Waals surface area contributed by atoms with Crippen LogP contribution in [0.3, 0.4) is 0 Å². The number of aryl methyl sites for hydroxylation is 1. The van der Waals surface area contributed by atoms with Crippen LogP contribution in [-0.4, -0.2) is 25.1 Å². The van der Waals surface area contributed by atoms with E-state index in [0.717, 1.165) is 28.8 Å². The van der Waals surface area contributed by atoms with Gasteiger partial charge in [-0.25, -0.2) is 0 Å². The first kappa shape index (κ1) is 25.2. The lowest BCUT2D eigenvalue weighted by molar-refractivity contribution is -0.137. The first-order chi connectivity index (χ1) is 15.3. The van der Waals surface area contributed by atoms with E-state index in [4.69, 9.17) is 8.84 Å². The summed E-state index contributed by atoms with van der Waals surface area (Å²) in [6, 6.07) is 10.9. The molecule has 0 amide bonds. The summed E-state index contributed by atoms with van der Waals surface area (Å²) in [5, 5.41) is 8.42. The monoisotopic (exact) mass is 476 g/mol. The molecule has 0 atom stereocenters. The van der Waals surface area contributed by atoms with Crippen LogP contribution in [0.15, 0.2) is 46.9 Å². The Hall–Kier alpha value is -2.45. The number of alkyl halides is 3. The third-order valence-electron chi connectivity index (χ3n) is 6.30. The van der Waals surface area contributed by atoms with Gasteiger partial charge >= 0.3 is 6.18 Å². The highest BCUT2D eigenvalue weighted by Gasteiger charge is 2.37. The van der Waals surface area contributed by atoms with Gasteiger partial charge in [0, 0.05) is 18.6 Å². The summed E-state index contributed by atoms with van der Waals surface area (Å²) >= 11 is 0. The van der Waals surface area contributed by atoms with Crippen LogP contribution in [0.4, 0.5) is 13.2 Å². The highest BCUT2D eigenvalue weighted by molar-refractivity contribution is 6.74. The van der Waals surface area contributed by atoms with Crippen molar-refractivity contribution >= 4 is 8.32 Å². The predicted octanol–water partition coefficient (Wildman–Crippen LogP) is 7.55. The molecule has 4 nitrogen and oxygen atoms in total.